The highest BCUT2D eigenvalue weighted by atomic mass is 16.3. The molecule has 0 atom stereocenters. The van der Waals surface area contributed by atoms with Crippen molar-refractivity contribution in [3.63, 3.8) is 0 Å². The third-order valence-corrected chi connectivity index (χ3v) is 3.71. The highest BCUT2D eigenvalue weighted by Gasteiger charge is 2.45. The molecule has 4 nitrogen and oxygen atoms in total. The van der Waals surface area contributed by atoms with Gasteiger partial charge in [-0.3, -0.25) is 4.79 Å². The fraction of sp³-hybridized carbons (Fsp3) is 0.909. The van der Waals surface area contributed by atoms with Gasteiger partial charge in [0.05, 0.1) is 5.60 Å². The Morgan fingerprint density at radius 3 is 2.07 bits per heavy atom. The van der Waals surface area contributed by atoms with E-state index in [0.29, 0.717) is 38.8 Å². The molecule has 2 aliphatic rings. The van der Waals surface area contributed by atoms with Crippen molar-refractivity contribution in [1.82, 2.24) is 4.90 Å². The van der Waals surface area contributed by atoms with Gasteiger partial charge in [0.1, 0.15) is 5.60 Å². The predicted octanol–water partition coefficient (Wildman–Crippen LogP) is 0.275. The summed E-state index contributed by atoms with van der Waals surface area (Å²) in [5.74, 6) is -0.135. The van der Waals surface area contributed by atoms with Crippen molar-refractivity contribution in [2.75, 3.05) is 13.1 Å². The zero-order chi connectivity index (χ0) is 11.1. The second-order valence-electron chi connectivity index (χ2n) is 5.17. The van der Waals surface area contributed by atoms with Crippen molar-refractivity contribution >= 4 is 5.91 Å². The summed E-state index contributed by atoms with van der Waals surface area (Å²) in [4.78, 5) is 13.6. The van der Waals surface area contributed by atoms with Crippen molar-refractivity contribution in [2.24, 2.45) is 0 Å². The fourth-order valence-corrected chi connectivity index (χ4v) is 2.21. The molecule has 1 heterocycles. The fourth-order valence-electron chi connectivity index (χ4n) is 2.21. The van der Waals surface area contributed by atoms with E-state index in [1.807, 2.05) is 0 Å². The molecule has 15 heavy (non-hydrogen) atoms. The van der Waals surface area contributed by atoms with Gasteiger partial charge >= 0.3 is 0 Å². The van der Waals surface area contributed by atoms with Crippen LogP contribution in [0.15, 0.2) is 0 Å². The van der Waals surface area contributed by atoms with Crippen LogP contribution in [0.4, 0.5) is 0 Å². The van der Waals surface area contributed by atoms with Gasteiger partial charge in [-0.1, -0.05) is 0 Å². The molecule has 0 unspecified atom stereocenters. The molecule has 0 radical (unpaired) electrons. The minimum absolute atomic E-state index is 0.135. The van der Waals surface area contributed by atoms with E-state index >= 15 is 0 Å². The van der Waals surface area contributed by atoms with Gasteiger partial charge in [-0.05, 0) is 39.0 Å². The molecule has 2 fully saturated rings. The molecule has 1 saturated carbocycles. The van der Waals surface area contributed by atoms with Crippen LogP contribution in [0.1, 0.15) is 39.0 Å². The summed E-state index contributed by atoms with van der Waals surface area (Å²) >= 11 is 0. The van der Waals surface area contributed by atoms with Crippen LogP contribution in [0.2, 0.25) is 0 Å². The van der Waals surface area contributed by atoms with E-state index in [-0.39, 0.29) is 5.91 Å². The third-order valence-electron chi connectivity index (χ3n) is 3.71. The van der Waals surface area contributed by atoms with Gasteiger partial charge in [0.15, 0.2) is 0 Å². The number of amides is 1. The van der Waals surface area contributed by atoms with Crippen LogP contribution in [-0.2, 0) is 4.79 Å². The summed E-state index contributed by atoms with van der Waals surface area (Å²) in [7, 11) is 0. The van der Waals surface area contributed by atoms with Gasteiger partial charge in [0.25, 0.3) is 5.91 Å². The van der Waals surface area contributed by atoms with Gasteiger partial charge in [0, 0.05) is 13.1 Å². The van der Waals surface area contributed by atoms with E-state index < -0.39 is 11.2 Å². The Morgan fingerprint density at radius 2 is 1.67 bits per heavy atom. The van der Waals surface area contributed by atoms with E-state index in [1.165, 1.54) is 0 Å². The van der Waals surface area contributed by atoms with E-state index in [0.717, 1.165) is 6.42 Å². The maximum absolute atomic E-state index is 11.9. The Balaban J connectivity index is 1.93. The molecular formula is C11H19NO3. The number of likely N-dealkylation sites (tertiary alicyclic amines) is 1. The molecule has 1 saturated heterocycles. The van der Waals surface area contributed by atoms with Crippen molar-refractivity contribution in [1.29, 1.82) is 0 Å². The number of aliphatic hydroxyl groups is 2. The number of rotatable bonds is 1. The molecular weight excluding hydrogens is 194 g/mol. The lowest BCUT2D eigenvalue weighted by Gasteiger charge is -2.43. The number of piperidine rings is 1. The summed E-state index contributed by atoms with van der Waals surface area (Å²) < 4.78 is 0. The van der Waals surface area contributed by atoms with Crippen LogP contribution in [0.5, 0.6) is 0 Å². The first-order valence-electron chi connectivity index (χ1n) is 5.67. The molecule has 1 aliphatic heterocycles. The summed E-state index contributed by atoms with van der Waals surface area (Å²) in [5.41, 5.74) is -1.72. The first-order chi connectivity index (χ1) is 6.93. The standard InChI is InChI=1S/C11H19NO3/c1-10(14)5-7-12(8-6-10)9(13)11(15)3-2-4-11/h14-15H,2-8H2,1H3. The average Bonchev–Trinajstić information content (AvgIpc) is 2.13. The number of hydrogen-bond donors (Lipinski definition) is 2. The van der Waals surface area contributed by atoms with E-state index in [2.05, 4.69) is 0 Å². The molecule has 0 bridgehead atoms. The first-order valence-corrected chi connectivity index (χ1v) is 5.67. The molecule has 0 aromatic carbocycles. The van der Waals surface area contributed by atoms with Crippen molar-refractivity contribution < 1.29 is 15.0 Å². The largest absolute Gasteiger partial charge is 0.390 e. The van der Waals surface area contributed by atoms with Gasteiger partial charge in [-0.2, -0.15) is 0 Å². The Hall–Kier alpha value is -0.610. The molecule has 4 heteroatoms. The lowest BCUT2D eigenvalue weighted by Crippen LogP contribution is -2.56. The number of hydrogen-bond acceptors (Lipinski definition) is 3. The van der Waals surface area contributed by atoms with Gasteiger partial charge in [-0.15, -0.1) is 0 Å². The highest BCUT2D eigenvalue weighted by molar-refractivity contribution is 5.86. The maximum atomic E-state index is 11.9. The number of carbonyl (C=O) groups is 1. The maximum Gasteiger partial charge on any atom is 0.254 e. The minimum atomic E-state index is -1.08. The molecule has 1 amide bonds. The third kappa shape index (κ3) is 2.01. The minimum Gasteiger partial charge on any atom is -0.390 e. The Morgan fingerprint density at radius 1 is 1.13 bits per heavy atom. The van der Waals surface area contributed by atoms with Crippen LogP contribution in [0.3, 0.4) is 0 Å². The predicted molar refractivity (Wildman–Crippen MR) is 55.2 cm³/mol. The second-order valence-corrected chi connectivity index (χ2v) is 5.17. The Kier molecular flexibility index (Phi) is 2.51. The molecule has 0 spiro atoms. The first kappa shape index (κ1) is 10.9. The molecule has 0 aromatic heterocycles. The lowest BCUT2D eigenvalue weighted by molar-refractivity contribution is -0.163. The monoisotopic (exact) mass is 213 g/mol. The van der Waals surface area contributed by atoms with Crippen molar-refractivity contribution in [3.05, 3.63) is 0 Å². The van der Waals surface area contributed by atoms with Crippen molar-refractivity contribution in [3.8, 4) is 0 Å². The van der Waals surface area contributed by atoms with Gasteiger partial charge < -0.3 is 15.1 Å². The summed E-state index contributed by atoms with van der Waals surface area (Å²) in [6.07, 6.45) is 3.34. The molecule has 0 aromatic rings. The van der Waals surface area contributed by atoms with Gasteiger partial charge in [-0.25, -0.2) is 0 Å². The van der Waals surface area contributed by atoms with E-state index in [9.17, 15) is 15.0 Å². The number of nitrogens with zero attached hydrogens (tertiary/aromatic N) is 1. The lowest BCUT2D eigenvalue weighted by atomic mass is 9.78. The SMILES string of the molecule is CC1(O)CCN(C(=O)C2(O)CCC2)CC1. The summed E-state index contributed by atoms with van der Waals surface area (Å²) in [5, 5.41) is 19.7. The zero-order valence-electron chi connectivity index (χ0n) is 9.20. The smallest absolute Gasteiger partial charge is 0.254 e. The number of carbonyl (C=O) groups excluding carboxylic acids is 1. The normalized spacial score (nSPS) is 28.3. The van der Waals surface area contributed by atoms with Crippen LogP contribution in [0.25, 0.3) is 0 Å². The van der Waals surface area contributed by atoms with Crippen LogP contribution >= 0.6 is 0 Å². The summed E-state index contributed by atoms with van der Waals surface area (Å²) in [6, 6.07) is 0. The Labute approximate surface area is 89.9 Å². The highest BCUT2D eigenvalue weighted by Crippen LogP contribution is 2.34. The zero-order valence-corrected chi connectivity index (χ0v) is 9.20. The average molecular weight is 213 g/mol. The van der Waals surface area contributed by atoms with E-state index in [4.69, 9.17) is 0 Å². The van der Waals surface area contributed by atoms with Crippen LogP contribution in [0, 0.1) is 0 Å². The van der Waals surface area contributed by atoms with Crippen LogP contribution in [-0.4, -0.2) is 45.3 Å². The Bertz CT molecular complexity index is 261. The molecule has 2 N–H and O–H groups in total. The summed E-state index contributed by atoms with van der Waals surface area (Å²) in [6.45, 7) is 2.93. The van der Waals surface area contributed by atoms with Crippen LogP contribution < -0.4 is 0 Å². The van der Waals surface area contributed by atoms with Crippen molar-refractivity contribution in [2.45, 2.75) is 50.2 Å². The molecule has 1 aliphatic carbocycles. The quantitative estimate of drug-likeness (QED) is 0.657. The van der Waals surface area contributed by atoms with E-state index in [1.54, 1.807) is 11.8 Å². The second kappa shape index (κ2) is 3.46. The topological polar surface area (TPSA) is 60.8 Å². The molecule has 2 rings (SSSR count). The molecule has 86 valence electrons. The van der Waals surface area contributed by atoms with Gasteiger partial charge in [0.2, 0.25) is 0 Å².